The van der Waals surface area contributed by atoms with Gasteiger partial charge >= 0.3 is 0 Å². The molecule has 0 bridgehead atoms. The van der Waals surface area contributed by atoms with Gasteiger partial charge in [-0.15, -0.1) is 0 Å². The highest BCUT2D eigenvalue weighted by Gasteiger charge is 2.11. The Kier molecular flexibility index (Phi) is 13.6. The number of nitrogens with zero attached hydrogens (tertiary/aromatic N) is 2. The Bertz CT molecular complexity index is 3400. The molecule has 0 saturated heterocycles. The van der Waals surface area contributed by atoms with E-state index in [9.17, 15) is 13.2 Å². The largest absolute Gasteiger partial charge is 0.460 e. The molecule has 0 aliphatic rings. The first-order chi connectivity index (χ1) is 33.2. The SMILES string of the molecule is CS(=O)(=O)CCNCc1ccc(-c2ccc3c(Nc4ccc(Oc5ccccc5)cc4)ccnc3c2)o1.O=Cc1ccc(-c2ccc3c(Nc4ccc(Oc5ccccc5)cc4)ccnc3c2)o1. The summed E-state index contributed by atoms with van der Waals surface area (Å²) in [7, 11) is -2.99. The van der Waals surface area contributed by atoms with Gasteiger partial charge in [0, 0.05) is 69.8 Å². The molecule has 13 heteroatoms. The fourth-order valence-electron chi connectivity index (χ4n) is 7.26. The highest BCUT2D eigenvalue weighted by Crippen LogP contribution is 2.33. The highest BCUT2D eigenvalue weighted by molar-refractivity contribution is 7.90. The fourth-order valence-corrected chi connectivity index (χ4v) is 7.78. The van der Waals surface area contributed by atoms with E-state index in [2.05, 4.69) is 25.9 Å². The Hall–Kier alpha value is -8.52. The predicted octanol–water partition coefficient (Wildman–Crippen LogP) is 13.0. The lowest BCUT2D eigenvalue weighted by molar-refractivity contribution is 0.110. The van der Waals surface area contributed by atoms with Crippen LogP contribution in [0.25, 0.3) is 44.5 Å². The second-order valence-corrected chi connectivity index (χ2v) is 18.0. The molecular weight excluding hydrogens is 875 g/mol. The van der Waals surface area contributed by atoms with Gasteiger partial charge in [0.15, 0.2) is 12.0 Å². The van der Waals surface area contributed by atoms with Crippen molar-refractivity contribution >= 4 is 60.7 Å². The number of rotatable bonds is 16. The van der Waals surface area contributed by atoms with Gasteiger partial charge in [-0.25, -0.2) is 8.42 Å². The minimum atomic E-state index is -2.99. The van der Waals surface area contributed by atoms with Crippen LogP contribution in [-0.2, 0) is 16.4 Å². The van der Waals surface area contributed by atoms with Gasteiger partial charge in [-0.05, 0) is 133 Å². The molecule has 0 aliphatic heterocycles. The van der Waals surface area contributed by atoms with Gasteiger partial charge < -0.3 is 34.3 Å². The summed E-state index contributed by atoms with van der Waals surface area (Å²) in [5, 5.41) is 12.0. The molecule has 6 aromatic carbocycles. The quantitative estimate of drug-likeness (QED) is 0.0623. The van der Waals surface area contributed by atoms with Crippen molar-refractivity contribution in [3.8, 4) is 45.6 Å². The zero-order valence-electron chi connectivity index (χ0n) is 36.8. The first kappa shape index (κ1) is 44.7. The van der Waals surface area contributed by atoms with Crippen molar-refractivity contribution in [2.45, 2.75) is 6.54 Å². The van der Waals surface area contributed by atoms with Crippen molar-refractivity contribution in [1.29, 1.82) is 0 Å². The van der Waals surface area contributed by atoms with Crippen LogP contribution in [-0.4, -0.2) is 43.2 Å². The molecule has 0 amide bonds. The maximum absolute atomic E-state index is 11.3. The average molecular weight is 920 g/mol. The van der Waals surface area contributed by atoms with Crippen LogP contribution < -0.4 is 25.4 Å². The van der Waals surface area contributed by atoms with Crippen molar-refractivity contribution in [3.05, 3.63) is 206 Å². The molecule has 4 heterocycles. The normalized spacial score (nSPS) is 11.1. The van der Waals surface area contributed by atoms with E-state index in [1.807, 2.05) is 170 Å². The third-order valence-electron chi connectivity index (χ3n) is 10.6. The van der Waals surface area contributed by atoms with Crippen LogP contribution in [0.5, 0.6) is 23.0 Å². The van der Waals surface area contributed by atoms with Crippen LogP contribution in [0.3, 0.4) is 0 Å². The third-order valence-corrected chi connectivity index (χ3v) is 11.6. The number of aldehydes is 1. The lowest BCUT2D eigenvalue weighted by atomic mass is 10.1. The summed E-state index contributed by atoms with van der Waals surface area (Å²) >= 11 is 0. The molecule has 10 rings (SSSR count). The van der Waals surface area contributed by atoms with Gasteiger partial charge in [-0.2, -0.15) is 0 Å². The minimum Gasteiger partial charge on any atom is -0.460 e. The number of ether oxygens (including phenoxy) is 2. The van der Waals surface area contributed by atoms with Crippen LogP contribution in [0, 0.1) is 0 Å². The van der Waals surface area contributed by atoms with Crippen molar-refractivity contribution in [1.82, 2.24) is 15.3 Å². The summed E-state index contributed by atoms with van der Waals surface area (Å²) in [6.07, 6.45) is 5.47. The molecule has 0 fully saturated rings. The molecule has 0 saturated carbocycles. The molecular formula is C55H45N5O7S. The number of aromatic nitrogens is 2. The zero-order valence-corrected chi connectivity index (χ0v) is 37.7. The number of hydrogen-bond acceptors (Lipinski definition) is 12. The van der Waals surface area contributed by atoms with Crippen LogP contribution in [0.4, 0.5) is 22.7 Å². The Balaban J connectivity index is 0.000000172. The molecule has 0 spiro atoms. The lowest BCUT2D eigenvalue weighted by Gasteiger charge is -2.11. The standard InChI is InChI=1S/C29H27N3O4S.C26H18N2O3/c1-37(33,34)18-17-30-20-25-12-14-29(36-25)21-7-13-26-27(15-16-31-28(26)19-21)32-22-8-10-24(11-9-22)35-23-5-3-2-4-6-23;29-17-22-11-13-26(31-22)18-6-12-23-24(14-15-27-25(23)16-18)28-19-7-9-21(10-8-19)30-20-4-2-1-3-5-20/h2-16,19,30H,17-18,20H2,1H3,(H,31,32);1-17H,(H,27,28). The van der Waals surface area contributed by atoms with Crippen molar-refractivity contribution in [2.75, 3.05) is 29.2 Å². The molecule has 0 radical (unpaired) electrons. The van der Waals surface area contributed by atoms with E-state index in [1.54, 1.807) is 24.5 Å². The fraction of sp³-hybridized carbons (Fsp3) is 0.0727. The van der Waals surface area contributed by atoms with Crippen molar-refractivity contribution < 1.29 is 31.5 Å². The summed E-state index contributed by atoms with van der Waals surface area (Å²) in [6, 6.07) is 58.1. The number of fused-ring (bicyclic) bond motifs is 2. The number of nitrogens with one attached hydrogen (secondary N) is 3. The monoisotopic (exact) mass is 919 g/mol. The average Bonchev–Trinajstić information content (AvgIpc) is 4.06. The van der Waals surface area contributed by atoms with Gasteiger partial charge in [0.05, 0.1) is 23.3 Å². The van der Waals surface area contributed by atoms with Crippen LogP contribution in [0.2, 0.25) is 0 Å². The molecule has 0 aliphatic carbocycles. The number of carbonyl (C=O) groups is 1. The summed E-state index contributed by atoms with van der Waals surface area (Å²) < 4.78 is 45.7. The molecule has 3 N–H and O–H groups in total. The smallest absolute Gasteiger partial charge is 0.185 e. The number of pyridine rings is 2. The topological polar surface area (TPSA) is 158 Å². The van der Waals surface area contributed by atoms with E-state index in [-0.39, 0.29) is 5.75 Å². The number of benzene rings is 6. The van der Waals surface area contributed by atoms with Crippen LogP contribution in [0.1, 0.15) is 16.3 Å². The van der Waals surface area contributed by atoms with Crippen LogP contribution in [0.15, 0.2) is 203 Å². The maximum atomic E-state index is 11.3. The van der Waals surface area contributed by atoms with Gasteiger partial charge in [0.1, 0.15) is 50.1 Å². The first-order valence-corrected chi connectivity index (χ1v) is 23.8. The Morgan fingerprint density at radius 3 is 1.51 bits per heavy atom. The Labute approximate surface area is 393 Å². The lowest BCUT2D eigenvalue weighted by Crippen LogP contribution is -2.21. The van der Waals surface area contributed by atoms with E-state index in [1.165, 1.54) is 6.26 Å². The predicted molar refractivity (Wildman–Crippen MR) is 268 cm³/mol. The molecule has 338 valence electrons. The number of furan rings is 2. The van der Waals surface area contributed by atoms with Crippen LogP contribution >= 0.6 is 0 Å². The summed E-state index contributed by atoms with van der Waals surface area (Å²) in [5.74, 6) is 5.65. The molecule has 0 atom stereocenters. The van der Waals surface area contributed by atoms with E-state index >= 15 is 0 Å². The Morgan fingerprint density at radius 2 is 1.03 bits per heavy atom. The number of anilines is 4. The molecule has 68 heavy (non-hydrogen) atoms. The maximum Gasteiger partial charge on any atom is 0.185 e. The van der Waals surface area contributed by atoms with E-state index in [4.69, 9.17) is 18.3 Å². The number of hydrogen-bond donors (Lipinski definition) is 3. The molecule has 10 aromatic rings. The van der Waals surface area contributed by atoms with Crippen molar-refractivity contribution in [2.24, 2.45) is 0 Å². The first-order valence-electron chi connectivity index (χ1n) is 21.7. The van der Waals surface area contributed by atoms with Gasteiger partial charge in [0.25, 0.3) is 0 Å². The number of sulfone groups is 1. The second-order valence-electron chi connectivity index (χ2n) is 15.7. The molecule has 4 aromatic heterocycles. The summed E-state index contributed by atoms with van der Waals surface area (Å²) in [6.45, 7) is 0.845. The molecule has 0 unspecified atom stereocenters. The van der Waals surface area contributed by atoms with E-state index in [0.29, 0.717) is 30.9 Å². The number of carbonyl (C=O) groups excluding carboxylic acids is 1. The molecule has 12 nitrogen and oxygen atoms in total. The highest BCUT2D eigenvalue weighted by atomic mass is 32.2. The van der Waals surface area contributed by atoms with Crippen molar-refractivity contribution in [3.63, 3.8) is 0 Å². The summed E-state index contributed by atoms with van der Waals surface area (Å²) in [5.41, 5.74) is 7.24. The van der Waals surface area contributed by atoms with Gasteiger partial charge in [-0.3, -0.25) is 14.8 Å². The number of para-hydroxylation sites is 2. The Morgan fingerprint density at radius 1 is 0.544 bits per heavy atom. The van der Waals surface area contributed by atoms with E-state index < -0.39 is 9.84 Å². The second kappa shape index (κ2) is 20.8. The minimum absolute atomic E-state index is 0.0961. The zero-order chi connectivity index (χ0) is 46.7. The summed E-state index contributed by atoms with van der Waals surface area (Å²) in [4.78, 5) is 19.9. The van der Waals surface area contributed by atoms with Gasteiger partial charge in [0.2, 0.25) is 0 Å². The van der Waals surface area contributed by atoms with Gasteiger partial charge in [-0.1, -0.05) is 48.5 Å². The van der Waals surface area contributed by atoms with E-state index in [0.717, 1.165) is 90.2 Å². The third kappa shape index (κ3) is 11.6.